The average Bonchev–Trinajstić information content (AvgIpc) is 2.89. The quantitative estimate of drug-likeness (QED) is 0.733. The van der Waals surface area contributed by atoms with Crippen molar-refractivity contribution < 1.29 is 0 Å². The molecule has 2 heterocycles. The molecule has 2 aromatic rings. The number of para-hydroxylation sites is 2. The smallest absolute Gasteiger partial charge is 0.0973 e. The first-order valence-electron chi connectivity index (χ1n) is 5.07. The molecule has 4 heteroatoms. The number of aromatic nitrogens is 2. The zero-order valence-corrected chi connectivity index (χ0v) is 8.37. The van der Waals surface area contributed by atoms with Crippen LogP contribution in [0, 0.1) is 0 Å². The van der Waals surface area contributed by atoms with Gasteiger partial charge in [0.2, 0.25) is 0 Å². The molecule has 0 spiro atoms. The Labute approximate surface area is 87.9 Å². The summed E-state index contributed by atoms with van der Waals surface area (Å²) >= 11 is 0. The monoisotopic (exact) mass is 200 g/mol. The van der Waals surface area contributed by atoms with Gasteiger partial charge in [0, 0.05) is 6.54 Å². The van der Waals surface area contributed by atoms with Crippen molar-refractivity contribution in [3.63, 3.8) is 0 Å². The van der Waals surface area contributed by atoms with Crippen LogP contribution in [0.1, 0.15) is 0 Å². The lowest BCUT2D eigenvalue weighted by atomic mass is 10.3. The van der Waals surface area contributed by atoms with Crippen molar-refractivity contribution in [3.8, 4) is 0 Å². The number of hydrogen-bond acceptors (Lipinski definition) is 3. The standard InChI is InChI=1S/C11H12N4/c1-2-4-11-10(3-1)13-8-15(11)9-14-6-5-12-7-14/h1-4,7-8H,5-6,9H2. The lowest BCUT2D eigenvalue weighted by Gasteiger charge is -2.14. The summed E-state index contributed by atoms with van der Waals surface area (Å²) in [4.78, 5) is 10.7. The SMILES string of the molecule is C1=NCCN1Cn1cnc2ccccc21. The van der Waals surface area contributed by atoms with Crippen LogP contribution in [0.2, 0.25) is 0 Å². The maximum atomic E-state index is 4.35. The van der Waals surface area contributed by atoms with Gasteiger partial charge in [-0.2, -0.15) is 0 Å². The van der Waals surface area contributed by atoms with E-state index in [0.29, 0.717) is 0 Å². The van der Waals surface area contributed by atoms with Crippen LogP contribution in [-0.4, -0.2) is 33.9 Å². The van der Waals surface area contributed by atoms with E-state index in [1.807, 2.05) is 30.9 Å². The summed E-state index contributed by atoms with van der Waals surface area (Å²) in [6, 6.07) is 8.18. The molecule has 1 aromatic heterocycles. The van der Waals surface area contributed by atoms with Crippen molar-refractivity contribution in [1.29, 1.82) is 0 Å². The van der Waals surface area contributed by atoms with E-state index in [1.54, 1.807) is 0 Å². The molecule has 4 nitrogen and oxygen atoms in total. The third-order valence-corrected chi connectivity index (χ3v) is 2.62. The van der Waals surface area contributed by atoms with Crippen LogP contribution >= 0.6 is 0 Å². The zero-order chi connectivity index (χ0) is 10.1. The summed E-state index contributed by atoms with van der Waals surface area (Å²) in [6.45, 7) is 2.75. The molecule has 15 heavy (non-hydrogen) atoms. The number of hydrogen-bond donors (Lipinski definition) is 0. The van der Waals surface area contributed by atoms with Crippen LogP contribution in [-0.2, 0) is 6.67 Å². The second-order valence-corrected chi connectivity index (χ2v) is 3.68. The molecule has 0 aliphatic carbocycles. The fourth-order valence-corrected chi connectivity index (χ4v) is 1.84. The predicted octanol–water partition coefficient (Wildman–Crippen LogP) is 1.34. The molecule has 0 N–H and O–H groups in total. The number of rotatable bonds is 2. The first kappa shape index (κ1) is 8.47. The van der Waals surface area contributed by atoms with Gasteiger partial charge in [0.15, 0.2) is 0 Å². The molecular weight excluding hydrogens is 188 g/mol. The Morgan fingerprint density at radius 2 is 2.20 bits per heavy atom. The maximum Gasteiger partial charge on any atom is 0.0973 e. The van der Waals surface area contributed by atoms with Gasteiger partial charge in [0.1, 0.15) is 0 Å². The van der Waals surface area contributed by atoms with Crippen LogP contribution in [0.5, 0.6) is 0 Å². The lowest BCUT2D eigenvalue weighted by molar-refractivity contribution is 0.384. The van der Waals surface area contributed by atoms with Crippen molar-refractivity contribution in [2.45, 2.75) is 6.67 Å². The highest BCUT2D eigenvalue weighted by Crippen LogP contribution is 2.12. The molecule has 0 amide bonds. The Hall–Kier alpha value is -1.84. The van der Waals surface area contributed by atoms with Gasteiger partial charge in [-0.3, -0.25) is 4.99 Å². The molecule has 1 aliphatic rings. The van der Waals surface area contributed by atoms with Crippen LogP contribution in [0.25, 0.3) is 11.0 Å². The zero-order valence-electron chi connectivity index (χ0n) is 8.37. The Kier molecular flexibility index (Phi) is 1.91. The topological polar surface area (TPSA) is 33.4 Å². The number of nitrogens with zero attached hydrogens (tertiary/aromatic N) is 4. The molecule has 0 saturated heterocycles. The van der Waals surface area contributed by atoms with Crippen molar-refractivity contribution in [3.05, 3.63) is 30.6 Å². The summed E-state index contributed by atoms with van der Waals surface area (Å²) in [5.74, 6) is 0. The second-order valence-electron chi connectivity index (χ2n) is 3.68. The molecule has 1 aromatic carbocycles. The van der Waals surface area contributed by atoms with E-state index in [0.717, 1.165) is 25.3 Å². The molecule has 0 bridgehead atoms. The predicted molar refractivity (Wildman–Crippen MR) is 59.8 cm³/mol. The Morgan fingerprint density at radius 1 is 1.27 bits per heavy atom. The molecule has 0 radical (unpaired) electrons. The third-order valence-electron chi connectivity index (χ3n) is 2.62. The molecule has 1 aliphatic heterocycles. The normalized spacial score (nSPS) is 15.3. The van der Waals surface area contributed by atoms with Crippen LogP contribution in [0.3, 0.4) is 0 Å². The highest BCUT2D eigenvalue weighted by Gasteiger charge is 2.07. The van der Waals surface area contributed by atoms with E-state index in [9.17, 15) is 0 Å². The number of benzene rings is 1. The molecule has 3 rings (SSSR count). The minimum atomic E-state index is 0.837. The fourth-order valence-electron chi connectivity index (χ4n) is 1.84. The molecule has 0 atom stereocenters. The molecule has 0 fully saturated rings. The number of fused-ring (bicyclic) bond motifs is 1. The summed E-state index contributed by atoms with van der Waals surface area (Å²) in [5.41, 5.74) is 2.23. The third kappa shape index (κ3) is 1.48. The summed E-state index contributed by atoms with van der Waals surface area (Å²) < 4.78 is 2.15. The van der Waals surface area contributed by atoms with Gasteiger partial charge >= 0.3 is 0 Å². The van der Waals surface area contributed by atoms with Gasteiger partial charge in [0.25, 0.3) is 0 Å². The molecule has 0 unspecified atom stereocenters. The number of aliphatic imine (C=N–C) groups is 1. The Morgan fingerprint density at radius 3 is 3.07 bits per heavy atom. The average molecular weight is 200 g/mol. The minimum Gasteiger partial charge on any atom is -0.343 e. The van der Waals surface area contributed by atoms with Gasteiger partial charge in [-0.1, -0.05) is 12.1 Å². The van der Waals surface area contributed by atoms with E-state index in [-0.39, 0.29) is 0 Å². The van der Waals surface area contributed by atoms with E-state index in [4.69, 9.17) is 0 Å². The number of imidazole rings is 1. The minimum absolute atomic E-state index is 0.837. The van der Waals surface area contributed by atoms with Gasteiger partial charge in [-0.05, 0) is 12.1 Å². The van der Waals surface area contributed by atoms with Crippen molar-refractivity contribution >= 4 is 17.4 Å². The lowest BCUT2D eigenvalue weighted by Crippen LogP contribution is -2.22. The summed E-state index contributed by atoms with van der Waals surface area (Å²) in [7, 11) is 0. The van der Waals surface area contributed by atoms with E-state index >= 15 is 0 Å². The summed E-state index contributed by atoms with van der Waals surface area (Å²) in [5, 5.41) is 0. The van der Waals surface area contributed by atoms with Crippen molar-refractivity contribution in [1.82, 2.24) is 14.5 Å². The Balaban J connectivity index is 1.93. The van der Waals surface area contributed by atoms with Crippen molar-refractivity contribution in [2.24, 2.45) is 4.99 Å². The highest BCUT2D eigenvalue weighted by atomic mass is 15.3. The largest absolute Gasteiger partial charge is 0.343 e. The van der Waals surface area contributed by atoms with Gasteiger partial charge < -0.3 is 9.47 Å². The van der Waals surface area contributed by atoms with E-state index < -0.39 is 0 Å². The first-order chi connectivity index (χ1) is 7.43. The van der Waals surface area contributed by atoms with Crippen LogP contribution < -0.4 is 0 Å². The van der Waals surface area contributed by atoms with Crippen LogP contribution in [0.4, 0.5) is 0 Å². The van der Waals surface area contributed by atoms with E-state index in [2.05, 4.69) is 25.5 Å². The van der Waals surface area contributed by atoms with Crippen molar-refractivity contribution in [2.75, 3.05) is 13.1 Å². The van der Waals surface area contributed by atoms with Gasteiger partial charge in [-0.25, -0.2) is 4.98 Å². The maximum absolute atomic E-state index is 4.35. The Bertz CT molecular complexity index is 500. The molecule has 0 saturated carbocycles. The molecule has 76 valence electrons. The van der Waals surface area contributed by atoms with Gasteiger partial charge in [0.05, 0.1) is 36.9 Å². The summed E-state index contributed by atoms with van der Waals surface area (Å²) in [6.07, 6.45) is 3.80. The van der Waals surface area contributed by atoms with E-state index in [1.165, 1.54) is 5.52 Å². The molecular formula is C11H12N4. The first-order valence-corrected chi connectivity index (χ1v) is 5.07. The fraction of sp³-hybridized carbons (Fsp3) is 0.273. The van der Waals surface area contributed by atoms with Gasteiger partial charge in [-0.15, -0.1) is 0 Å². The second kappa shape index (κ2) is 3.38. The highest BCUT2D eigenvalue weighted by molar-refractivity contribution is 5.75. The van der Waals surface area contributed by atoms with Crippen LogP contribution in [0.15, 0.2) is 35.6 Å².